The SMILES string of the molecule is CC(CN)C(=O)NCc1ccccc1OC1CCCC1.Cl. The lowest BCUT2D eigenvalue weighted by molar-refractivity contribution is -0.124. The van der Waals surface area contributed by atoms with Gasteiger partial charge >= 0.3 is 0 Å². The van der Waals surface area contributed by atoms with Crippen LogP contribution in [0.3, 0.4) is 0 Å². The molecular formula is C16H25ClN2O2. The monoisotopic (exact) mass is 312 g/mol. The first-order valence-corrected chi connectivity index (χ1v) is 7.43. The summed E-state index contributed by atoms with van der Waals surface area (Å²) >= 11 is 0. The molecule has 4 nitrogen and oxygen atoms in total. The first-order valence-electron chi connectivity index (χ1n) is 7.43. The van der Waals surface area contributed by atoms with Gasteiger partial charge in [0.05, 0.1) is 6.10 Å². The Morgan fingerprint density at radius 1 is 1.38 bits per heavy atom. The van der Waals surface area contributed by atoms with Crippen molar-refractivity contribution in [3.05, 3.63) is 29.8 Å². The highest BCUT2D eigenvalue weighted by Gasteiger charge is 2.18. The number of rotatable bonds is 6. The maximum atomic E-state index is 11.8. The van der Waals surface area contributed by atoms with Crippen LogP contribution in [0.15, 0.2) is 24.3 Å². The van der Waals surface area contributed by atoms with E-state index in [1.165, 1.54) is 12.8 Å². The highest BCUT2D eigenvalue weighted by Crippen LogP contribution is 2.26. The minimum absolute atomic E-state index is 0. The third-order valence-electron chi connectivity index (χ3n) is 3.82. The van der Waals surface area contributed by atoms with Crippen LogP contribution in [0.4, 0.5) is 0 Å². The van der Waals surface area contributed by atoms with Gasteiger partial charge in [-0.2, -0.15) is 0 Å². The summed E-state index contributed by atoms with van der Waals surface area (Å²) in [5.41, 5.74) is 6.52. The maximum absolute atomic E-state index is 11.8. The minimum atomic E-state index is -0.155. The molecule has 0 spiro atoms. The Bertz CT molecular complexity index is 448. The van der Waals surface area contributed by atoms with Gasteiger partial charge in [0.15, 0.2) is 0 Å². The summed E-state index contributed by atoms with van der Waals surface area (Å²) in [7, 11) is 0. The molecule has 0 aliphatic heterocycles. The van der Waals surface area contributed by atoms with Crippen LogP contribution >= 0.6 is 12.4 Å². The summed E-state index contributed by atoms with van der Waals surface area (Å²) in [6.07, 6.45) is 5.08. The maximum Gasteiger partial charge on any atom is 0.224 e. The molecule has 1 fully saturated rings. The second kappa shape index (κ2) is 8.90. The smallest absolute Gasteiger partial charge is 0.224 e. The molecule has 0 saturated heterocycles. The Kier molecular flexibility index (Phi) is 7.54. The number of ether oxygens (including phenoxy) is 1. The van der Waals surface area contributed by atoms with Gasteiger partial charge in [-0.15, -0.1) is 12.4 Å². The zero-order valence-corrected chi connectivity index (χ0v) is 13.3. The molecule has 2 rings (SSSR count). The van der Waals surface area contributed by atoms with E-state index < -0.39 is 0 Å². The molecule has 1 atom stereocenters. The summed E-state index contributed by atoms with van der Waals surface area (Å²) in [5.74, 6) is 0.723. The third kappa shape index (κ3) is 5.21. The number of carbonyl (C=O) groups is 1. The number of amides is 1. The standard InChI is InChI=1S/C16H24N2O2.ClH/c1-12(10-17)16(19)18-11-13-6-2-5-9-15(13)20-14-7-3-4-8-14;/h2,5-6,9,12,14H,3-4,7-8,10-11,17H2,1H3,(H,18,19);1H. The molecule has 1 amide bonds. The van der Waals surface area contributed by atoms with E-state index in [-0.39, 0.29) is 24.2 Å². The molecule has 0 bridgehead atoms. The quantitative estimate of drug-likeness (QED) is 0.848. The normalized spacial score (nSPS) is 16.1. The Morgan fingerprint density at radius 2 is 2.05 bits per heavy atom. The van der Waals surface area contributed by atoms with Crippen molar-refractivity contribution < 1.29 is 9.53 Å². The van der Waals surface area contributed by atoms with Gasteiger partial charge in [-0.05, 0) is 31.7 Å². The van der Waals surface area contributed by atoms with Crippen molar-refractivity contribution in [2.24, 2.45) is 11.7 Å². The van der Waals surface area contributed by atoms with Crippen LogP contribution in [-0.2, 0) is 11.3 Å². The van der Waals surface area contributed by atoms with Crippen LogP contribution in [0.25, 0.3) is 0 Å². The molecule has 1 unspecified atom stereocenters. The average Bonchev–Trinajstić information content (AvgIpc) is 2.98. The van der Waals surface area contributed by atoms with Gasteiger partial charge in [-0.25, -0.2) is 0 Å². The van der Waals surface area contributed by atoms with Crippen molar-refractivity contribution in [3.8, 4) is 5.75 Å². The number of carbonyl (C=O) groups excluding carboxylic acids is 1. The van der Waals surface area contributed by atoms with Gasteiger partial charge in [-0.1, -0.05) is 25.1 Å². The summed E-state index contributed by atoms with van der Waals surface area (Å²) in [4.78, 5) is 11.8. The lowest BCUT2D eigenvalue weighted by atomic mass is 10.1. The number of hydrogen-bond acceptors (Lipinski definition) is 3. The highest BCUT2D eigenvalue weighted by molar-refractivity contribution is 5.85. The van der Waals surface area contributed by atoms with E-state index in [1.54, 1.807) is 0 Å². The Labute approximate surface area is 132 Å². The first kappa shape index (κ1) is 17.8. The van der Waals surface area contributed by atoms with E-state index >= 15 is 0 Å². The van der Waals surface area contributed by atoms with E-state index in [0.717, 1.165) is 24.2 Å². The van der Waals surface area contributed by atoms with E-state index in [2.05, 4.69) is 5.32 Å². The minimum Gasteiger partial charge on any atom is -0.490 e. The number of nitrogens with two attached hydrogens (primary N) is 1. The molecule has 118 valence electrons. The summed E-state index contributed by atoms with van der Waals surface area (Å²) in [6, 6.07) is 7.91. The number of para-hydroxylation sites is 1. The lowest BCUT2D eigenvalue weighted by Gasteiger charge is -2.17. The molecule has 1 aromatic rings. The number of benzene rings is 1. The van der Waals surface area contributed by atoms with Crippen molar-refractivity contribution >= 4 is 18.3 Å². The molecule has 0 aromatic heterocycles. The molecule has 1 aliphatic rings. The first-order chi connectivity index (χ1) is 9.70. The van der Waals surface area contributed by atoms with E-state index in [0.29, 0.717) is 19.2 Å². The summed E-state index contributed by atoms with van der Waals surface area (Å²) in [6.45, 7) is 2.69. The third-order valence-corrected chi connectivity index (χ3v) is 3.82. The molecule has 0 heterocycles. The molecule has 3 N–H and O–H groups in total. The predicted molar refractivity (Wildman–Crippen MR) is 86.6 cm³/mol. The van der Waals surface area contributed by atoms with Gasteiger partial charge in [-0.3, -0.25) is 4.79 Å². The fraction of sp³-hybridized carbons (Fsp3) is 0.562. The van der Waals surface area contributed by atoms with Crippen molar-refractivity contribution in [1.29, 1.82) is 0 Å². The van der Waals surface area contributed by atoms with Gasteiger partial charge < -0.3 is 15.8 Å². The second-order valence-corrected chi connectivity index (χ2v) is 5.49. The molecule has 1 aliphatic carbocycles. The zero-order valence-electron chi connectivity index (χ0n) is 12.5. The van der Waals surface area contributed by atoms with Crippen LogP contribution < -0.4 is 15.8 Å². The van der Waals surface area contributed by atoms with E-state index in [1.807, 2.05) is 31.2 Å². The fourth-order valence-corrected chi connectivity index (χ4v) is 2.41. The number of nitrogens with one attached hydrogen (secondary N) is 1. The van der Waals surface area contributed by atoms with Crippen LogP contribution in [0.2, 0.25) is 0 Å². The summed E-state index contributed by atoms with van der Waals surface area (Å²) in [5, 5.41) is 2.92. The van der Waals surface area contributed by atoms with Crippen molar-refractivity contribution in [2.45, 2.75) is 45.3 Å². The van der Waals surface area contributed by atoms with E-state index in [9.17, 15) is 4.79 Å². The zero-order chi connectivity index (χ0) is 14.4. The largest absolute Gasteiger partial charge is 0.490 e. The molecule has 0 radical (unpaired) electrons. The summed E-state index contributed by atoms with van der Waals surface area (Å²) < 4.78 is 6.05. The average molecular weight is 313 g/mol. The van der Waals surface area contributed by atoms with Crippen LogP contribution in [0.1, 0.15) is 38.2 Å². The van der Waals surface area contributed by atoms with Gasteiger partial charge in [0, 0.05) is 24.6 Å². The molecule has 1 saturated carbocycles. The fourth-order valence-electron chi connectivity index (χ4n) is 2.41. The highest BCUT2D eigenvalue weighted by atomic mass is 35.5. The van der Waals surface area contributed by atoms with Crippen molar-refractivity contribution in [3.63, 3.8) is 0 Å². The van der Waals surface area contributed by atoms with Crippen molar-refractivity contribution in [1.82, 2.24) is 5.32 Å². The molecule has 5 heteroatoms. The van der Waals surface area contributed by atoms with Crippen LogP contribution in [0, 0.1) is 5.92 Å². The number of hydrogen-bond donors (Lipinski definition) is 2. The topological polar surface area (TPSA) is 64.4 Å². The van der Waals surface area contributed by atoms with Gasteiger partial charge in [0.2, 0.25) is 5.91 Å². The predicted octanol–water partition coefficient (Wildman–Crippen LogP) is 2.64. The Balaban J connectivity index is 0.00000220. The van der Waals surface area contributed by atoms with Crippen LogP contribution in [-0.4, -0.2) is 18.6 Å². The van der Waals surface area contributed by atoms with Gasteiger partial charge in [0.1, 0.15) is 5.75 Å². The van der Waals surface area contributed by atoms with E-state index in [4.69, 9.17) is 10.5 Å². The molecule has 1 aromatic carbocycles. The molecular weight excluding hydrogens is 288 g/mol. The number of halogens is 1. The molecule has 21 heavy (non-hydrogen) atoms. The Morgan fingerprint density at radius 3 is 2.71 bits per heavy atom. The lowest BCUT2D eigenvalue weighted by Crippen LogP contribution is -2.32. The van der Waals surface area contributed by atoms with Crippen LogP contribution in [0.5, 0.6) is 5.75 Å². The van der Waals surface area contributed by atoms with Gasteiger partial charge in [0.25, 0.3) is 0 Å². The van der Waals surface area contributed by atoms with Crippen molar-refractivity contribution in [2.75, 3.05) is 6.54 Å². The second-order valence-electron chi connectivity index (χ2n) is 5.49. The Hall–Kier alpha value is -1.26.